The van der Waals surface area contributed by atoms with Crippen LogP contribution in [0.3, 0.4) is 0 Å². The molecule has 0 radical (unpaired) electrons. The van der Waals surface area contributed by atoms with Gasteiger partial charge in [-0.1, -0.05) is 0 Å². The molecular formula is C12H16FNOS. The number of hydrogen-bond acceptors (Lipinski definition) is 3. The summed E-state index contributed by atoms with van der Waals surface area (Å²) in [5.41, 5.74) is 5.87. The Hall–Kier alpha value is -0.580. The summed E-state index contributed by atoms with van der Waals surface area (Å²) in [5, 5.41) is 0. The summed E-state index contributed by atoms with van der Waals surface area (Å²) < 4.78 is 18.2. The van der Waals surface area contributed by atoms with E-state index in [2.05, 4.69) is 0 Å². The van der Waals surface area contributed by atoms with E-state index in [1.165, 1.54) is 12.1 Å². The minimum atomic E-state index is -0.196. The summed E-state index contributed by atoms with van der Waals surface area (Å²) in [6.07, 6.45) is 1.93. The Morgan fingerprint density at radius 1 is 1.25 bits per heavy atom. The van der Waals surface area contributed by atoms with Crippen molar-refractivity contribution >= 4 is 11.8 Å². The summed E-state index contributed by atoms with van der Waals surface area (Å²) in [6.45, 7) is 2.18. The third-order valence-electron chi connectivity index (χ3n) is 2.92. The van der Waals surface area contributed by atoms with Crippen molar-refractivity contribution < 1.29 is 9.13 Å². The third-order valence-corrected chi connectivity index (χ3v) is 4.44. The highest BCUT2D eigenvalue weighted by molar-refractivity contribution is 8.00. The maximum absolute atomic E-state index is 12.8. The minimum Gasteiger partial charge on any atom is -0.381 e. The van der Waals surface area contributed by atoms with Crippen LogP contribution in [0.1, 0.15) is 12.8 Å². The average molecular weight is 241 g/mol. The highest BCUT2D eigenvalue weighted by atomic mass is 32.2. The molecule has 4 heteroatoms. The van der Waals surface area contributed by atoms with Crippen molar-refractivity contribution in [2.45, 2.75) is 22.5 Å². The van der Waals surface area contributed by atoms with E-state index in [1.807, 2.05) is 12.1 Å². The van der Waals surface area contributed by atoms with Crippen LogP contribution in [0, 0.1) is 5.82 Å². The molecule has 0 atom stereocenters. The molecular weight excluding hydrogens is 225 g/mol. The normalized spacial score (nSPS) is 19.6. The van der Waals surface area contributed by atoms with Crippen LogP contribution in [-0.4, -0.2) is 24.5 Å². The number of halogens is 1. The lowest BCUT2D eigenvalue weighted by Gasteiger charge is -2.35. The van der Waals surface area contributed by atoms with E-state index in [0.29, 0.717) is 6.54 Å². The van der Waals surface area contributed by atoms with E-state index in [0.717, 1.165) is 31.0 Å². The fraction of sp³-hybridized carbons (Fsp3) is 0.500. The number of nitrogens with two attached hydrogens (primary N) is 1. The van der Waals surface area contributed by atoms with Crippen LogP contribution in [0.2, 0.25) is 0 Å². The van der Waals surface area contributed by atoms with Crippen molar-refractivity contribution in [3.63, 3.8) is 0 Å². The van der Waals surface area contributed by atoms with Gasteiger partial charge in [0.25, 0.3) is 0 Å². The largest absolute Gasteiger partial charge is 0.381 e. The lowest BCUT2D eigenvalue weighted by atomic mass is 9.99. The molecule has 1 aliphatic heterocycles. The van der Waals surface area contributed by atoms with Gasteiger partial charge in [-0.05, 0) is 37.1 Å². The van der Waals surface area contributed by atoms with Crippen LogP contribution in [0.25, 0.3) is 0 Å². The van der Waals surface area contributed by atoms with Gasteiger partial charge in [-0.15, -0.1) is 11.8 Å². The van der Waals surface area contributed by atoms with Crippen molar-refractivity contribution in [3.8, 4) is 0 Å². The Morgan fingerprint density at radius 2 is 1.88 bits per heavy atom. The smallest absolute Gasteiger partial charge is 0.123 e. The summed E-state index contributed by atoms with van der Waals surface area (Å²) in [5.74, 6) is -0.196. The summed E-state index contributed by atoms with van der Waals surface area (Å²) in [7, 11) is 0. The van der Waals surface area contributed by atoms with E-state index < -0.39 is 0 Å². The highest BCUT2D eigenvalue weighted by Crippen LogP contribution is 2.39. The lowest BCUT2D eigenvalue weighted by Crippen LogP contribution is -2.40. The lowest BCUT2D eigenvalue weighted by molar-refractivity contribution is 0.0792. The number of thioether (sulfide) groups is 1. The third kappa shape index (κ3) is 2.75. The van der Waals surface area contributed by atoms with Crippen LogP contribution >= 0.6 is 11.8 Å². The summed E-state index contributed by atoms with van der Waals surface area (Å²) in [4.78, 5) is 1.08. The van der Waals surface area contributed by atoms with Gasteiger partial charge in [-0.2, -0.15) is 0 Å². The van der Waals surface area contributed by atoms with E-state index in [4.69, 9.17) is 10.5 Å². The van der Waals surface area contributed by atoms with Crippen molar-refractivity contribution in [3.05, 3.63) is 30.1 Å². The summed E-state index contributed by atoms with van der Waals surface area (Å²) in [6, 6.07) is 6.61. The predicted octanol–water partition coefficient (Wildman–Crippen LogP) is 2.43. The van der Waals surface area contributed by atoms with Crippen molar-refractivity contribution in [1.29, 1.82) is 0 Å². The van der Waals surface area contributed by atoms with Gasteiger partial charge in [0.15, 0.2) is 0 Å². The van der Waals surface area contributed by atoms with Crippen LogP contribution in [0.4, 0.5) is 4.39 Å². The molecule has 2 N–H and O–H groups in total. The number of benzene rings is 1. The van der Waals surface area contributed by atoms with E-state index in [9.17, 15) is 4.39 Å². The van der Waals surface area contributed by atoms with Crippen molar-refractivity contribution in [2.24, 2.45) is 5.73 Å². The standard InChI is InChI=1S/C12H16FNOS/c13-10-1-3-11(4-2-10)16-12(9-14)5-7-15-8-6-12/h1-4H,5-9,14H2. The molecule has 1 aliphatic rings. The maximum atomic E-state index is 12.8. The van der Waals surface area contributed by atoms with E-state index >= 15 is 0 Å². The van der Waals surface area contributed by atoms with Gasteiger partial charge < -0.3 is 10.5 Å². The van der Waals surface area contributed by atoms with Gasteiger partial charge in [0.1, 0.15) is 5.82 Å². The molecule has 1 saturated heterocycles. The monoisotopic (exact) mass is 241 g/mol. The van der Waals surface area contributed by atoms with Crippen molar-refractivity contribution in [2.75, 3.05) is 19.8 Å². The number of hydrogen-bond donors (Lipinski definition) is 1. The van der Waals surface area contributed by atoms with Crippen LogP contribution in [0.15, 0.2) is 29.2 Å². The molecule has 1 fully saturated rings. The molecule has 2 rings (SSSR count). The molecule has 0 spiro atoms. The molecule has 16 heavy (non-hydrogen) atoms. The molecule has 88 valence electrons. The molecule has 0 amide bonds. The number of rotatable bonds is 3. The van der Waals surface area contributed by atoms with Gasteiger partial charge in [-0.25, -0.2) is 4.39 Å². The Balaban J connectivity index is 2.08. The second-order valence-corrected chi connectivity index (χ2v) is 5.60. The van der Waals surface area contributed by atoms with E-state index in [-0.39, 0.29) is 10.6 Å². The zero-order chi connectivity index (χ0) is 11.4. The Labute approximate surface area is 99.4 Å². The molecule has 1 aromatic carbocycles. The molecule has 1 heterocycles. The first-order chi connectivity index (χ1) is 7.74. The highest BCUT2D eigenvalue weighted by Gasteiger charge is 2.32. The molecule has 0 aliphatic carbocycles. The first-order valence-corrected chi connectivity index (χ1v) is 6.28. The zero-order valence-electron chi connectivity index (χ0n) is 9.12. The first kappa shape index (κ1) is 11.9. The molecule has 0 bridgehead atoms. The molecule has 0 saturated carbocycles. The predicted molar refractivity (Wildman–Crippen MR) is 64.1 cm³/mol. The SMILES string of the molecule is NCC1(Sc2ccc(F)cc2)CCOCC1. The average Bonchev–Trinajstić information content (AvgIpc) is 2.33. The fourth-order valence-electron chi connectivity index (χ4n) is 1.84. The molecule has 0 aromatic heterocycles. The molecule has 1 aromatic rings. The van der Waals surface area contributed by atoms with Crippen molar-refractivity contribution in [1.82, 2.24) is 0 Å². The zero-order valence-corrected chi connectivity index (χ0v) is 9.93. The van der Waals surface area contributed by atoms with Crippen LogP contribution < -0.4 is 5.73 Å². The van der Waals surface area contributed by atoms with Gasteiger partial charge >= 0.3 is 0 Å². The topological polar surface area (TPSA) is 35.2 Å². The fourth-order valence-corrected chi connectivity index (χ4v) is 3.07. The second-order valence-electron chi connectivity index (χ2n) is 4.06. The Morgan fingerprint density at radius 3 is 2.44 bits per heavy atom. The second kappa shape index (κ2) is 5.17. The quantitative estimate of drug-likeness (QED) is 0.882. The Kier molecular flexibility index (Phi) is 3.84. The number of ether oxygens (including phenoxy) is 1. The van der Waals surface area contributed by atoms with Gasteiger partial charge in [-0.3, -0.25) is 0 Å². The summed E-state index contributed by atoms with van der Waals surface area (Å²) >= 11 is 1.75. The van der Waals surface area contributed by atoms with Gasteiger partial charge in [0.05, 0.1) is 0 Å². The molecule has 0 unspecified atom stereocenters. The Bertz CT molecular complexity index is 335. The first-order valence-electron chi connectivity index (χ1n) is 5.46. The maximum Gasteiger partial charge on any atom is 0.123 e. The van der Waals surface area contributed by atoms with Crippen LogP contribution in [0.5, 0.6) is 0 Å². The van der Waals surface area contributed by atoms with Gasteiger partial charge in [0.2, 0.25) is 0 Å². The van der Waals surface area contributed by atoms with Gasteiger partial charge in [0, 0.05) is 29.4 Å². The minimum absolute atomic E-state index is 0.0656. The van der Waals surface area contributed by atoms with E-state index in [1.54, 1.807) is 11.8 Å². The van der Waals surface area contributed by atoms with Crippen LogP contribution in [-0.2, 0) is 4.74 Å². The molecule has 2 nitrogen and oxygen atoms in total.